The Kier molecular flexibility index (Phi) is 6.46. The maximum atomic E-state index is 13.5. The van der Waals surface area contributed by atoms with Gasteiger partial charge in [-0.05, 0) is 30.6 Å². The molecular weight excluding hydrogens is 277 g/mol. The lowest BCUT2D eigenvalue weighted by atomic mass is 10.1. The van der Waals surface area contributed by atoms with Crippen LogP contribution in [0.25, 0.3) is 0 Å². The molecule has 0 fully saturated rings. The van der Waals surface area contributed by atoms with Crippen molar-refractivity contribution in [2.24, 2.45) is 0 Å². The molecule has 0 spiro atoms. The molecule has 1 aromatic carbocycles. The summed E-state index contributed by atoms with van der Waals surface area (Å²) in [6, 6.07) is 3.72. The highest BCUT2D eigenvalue weighted by Gasteiger charge is 2.17. The van der Waals surface area contributed by atoms with Crippen LogP contribution in [0.3, 0.4) is 0 Å². The number of hydrogen-bond acceptors (Lipinski definition) is 3. The molecule has 0 aliphatic heterocycles. The quantitative estimate of drug-likeness (QED) is 0.811. The number of hydrogen-bond donors (Lipinski definition) is 2. The van der Waals surface area contributed by atoms with Gasteiger partial charge in [0, 0.05) is 17.1 Å². The third kappa shape index (κ3) is 4.48. The van der Waals surface area contributed by atoms with E-state index in [4.69, 9.17) is 16.7 Å². The Morgan fingerprint density at radius 1 is 1.61 bits per heavy atom. The summed E-state index contributed by atoms with van der Waals surface area (Å²) in [6.45, 7) is 0.108. The lowest BCUT2D eigenvalue weighted by Crippen LogP contribution is -2.36. The molecule has 1 rings (SSSR count). The van der Waals surface area contributed by atoms with E-state index in [0.29, 0.717) is 17.0 Å². The van der Waals surface area contributed by atoms with Crippen molar-refractivity contribution in [3.05, 3.63) is 34.6 Å². The molecule has 1 unspecified atom stereocenters. The van der Waals surface area contributed by atoms with Gasteiger partial charge in [0.1, 0.15) is 11.9 Å². The van der Waals surface area contributed by atoms with Gasteiger partial charge in [-0.2, -0.15) is 11.8 Å². The molecule has 3 nitrogen and oxygen atoms in total. The lowest BCUT2D eigenvalue weighted by molar-refractivity contribution is -0.139. The molecule has 0 aliphatic carbocycles. The Balaban J connectivity index is 2.64. The van der Waals surface area contributed by atoms with E-state index < -0.39 is 17.8 Å². The van der Waals surface area contributed by atoms with Crippen LogP contribution in [0.15, 0.2) is 18.2 Å². The molecule has 0 aromatic heterocycles. The molecule has 1 atom stereocenters. The second-order valence-corrected chi connectivity index (χ2v) is 5.15. The number of aliphatic carboxylic acids is 1. The Morgan fingerprint density at radius 2 is 2.33 bits per heavy atom. The van der Waals surface area contributed by atoms with E-state index in [2.05, 4.69) is 5.32 Å². The number of carboxylic acid groups (broad SMARTS) is 1. The van der Waals surface area contributed by atoms with Gasteiger partial charge in [0.15, 0.2) is 0 Å². The van der Waals surface area contributed by atoms with Gasteiger partial charge in [0.25, 0.3) is 0 Å². The van der Waals surface area contributed by atoms with Crippen LogP contribution in [0.1, 0.15) is 12.0 Å². The maximum absolute atomic E-state index is 13.5. The molecule has 0 bridgehead atoms. The summed E-state index contributed by atoms with van der Waals surface area (Å²) in [6.07, 6.45) is 2.40. The van der Waals surface area contributed by atoms with Gasteiger partial charge in [-0.3, -0.25) is 4.79 Å². The van der Waals surface area contributed by atoms with Crippen LogP contribution in [-0.4, -0.2) is 29.1 Å². The summed E-state index contributed by atoms with van der Waals surface area (Å²) in [4.78, 5) is 11.0. The van der Waals surface area contributed by atoms with Crippen molar-refractivity contribution >= 4 is 29.3 Å². The third-order valence-corrected chi connectivity index (χ3v) is 3.49. The molecule has 18 heavy (non-hydrogen) atoms. The molecule has 0 aliphatic rings. The first-order chi connectivity index (χ1) is 8.56. The normalized spacial score (nSPS) is 12.4. The highest BCUT2D eigenvalue weighted by atomic mass is 35.5. The SMILES string of the molecule is CSCCC(NCc1c(F)cccc1Cl)C(=O)O. The van der Waals surface area contributed by atoms with Crippen molar-refractivity contribution in [1.82, 2.24) is 5.32 Å². The Bertz CT molecular complexity index is 397. The van der Waals surface area contributed by atoms with Gasteiger partial charge < -0.3 is 10.4 Å². The number of nitrogens with one attached hydrogen (secondary N) is 1. The smallest absolute Gasteiger partial charge is 0.320 e. The standard InChI is InChI=1S/C12H15ClFNO2S/c1-18-6-5-11(12(16)17)15-7-8-9(13)3-2-4-10(8)14/h2-4,11,15H,5-7H2,1H3,(H,16,17). The van der Waals surface area contributed by atoms with Crippen LogP contribution in [0.4, 0.5) is 4.39 Å². The molecule has 6 heteroatoms. The minimum Gasteiger partial charge on any atom is -0.480 e. The Hall–Kier alpha value is -0.780. The summed E-state index contributed by atoms with van der Waals surface area (Å²) in [5.41, 5.74) is 0.301. The van der Waals surface area contributed by atoms with Crippen molar-refractivity contribution in [1.29, 1.82) is 0 Å². The number of halogens is 2. The fourth-order valence-electron chi connectivity index (χ4n) is 1.48. The lowest BCUT2D eigenvalue weighted by Gasteiger charge is -2.14. The fourth-order valence-corrected chi connectivity index (χ4v) is 2.18. The van der Waals surface area contributed by atoms with Crippen LogP contribution < -0.4 is 5.32 Å². The number of carbonyl (C=O) groups is 1. The van der Waals surface area contributed by atoms with Crippen LogP contribution in [-0.2, 0) is 11.3 Å². The maximum Gasteiger partial charge on any atom is 0.320 e. The van der Waals surface area contributed by atoms with E-state index in [0.717, 1.165) is 5.75 Å². The monoisotopic (exact) mass is 291 g/mol. The largest absolute Gasteiger partial charge is 0.480 e. The van der Waals surface area contributed by atoms with Crippen molar-refractivity contribution in [2.75, 3.05) is 12.0 Å². The topological polar surface area (TPSA) is 49.3 Å². The first-order valence-electron chi connectivity index (χ1n) is 5.44. The van der Waals surface area contributed by atoms with Gasteiger partial charge in [-0.25, -0.2) is 4.39 Å². The van der Waals surface area contributed by atoms with Crippen LogP contribution in [0, 0.1) is 5.82 Å². The van der Waals surface area contributed by atoms with E-state index in [1.165, 1.54) is 12.1 Å². The van der Waals surface area contributed by atoms with Gasteiger partial charge in [0.05, 0.1) is 0 Å². The molecule has 0 radical (unpaired) electrons. The minimum atomic E-state index is -0.934. The molecule has 0 amide bonds. The number of carboxylic acids is 1. The second kappa shape index (κ2) is 7.61. The van der Waals surface area contributed by atoms with E-state index in [-0.39, 0.29) is 6.54 Å². The zero-order chi connectivity index (χ0) is 13.5. The van der Waals surface area contributed by atoms with Crippen LogP contribution >= 0.6 is 23.4 Å². The molecule has 100 valence electrons. The van der Waals surface area contributed by atoms with Gasteiger partial charge >= 0.3 is 5.97 Å². The molecule has 2 N–H and O–H groups in total. The Morgan fingerprint density at radius 3 is 2.89 bits per heavy atom. The predicted molar refractivity (Wildman–Crippen MR) is 72.7 cm³/mol. The molecule has 1 aromatic rings. The van der Waals surface area contributed by atoms with Gasteiger partial charge in [-0.1, -0.05) is 17.7 Å². The second-order valence-electron chi connectivity index (χ2n) is 3.75. The summed E-state index contributed by atoms with van der Waals surface area (Å²) in [7, 11) is 0. The summed E-state index contributed by atoms with van der Waals surface area (Å²) in [5, 5.41) is 12.1. The predicted octanol–water partition coefficient (Wildman–Crippen LogP) is 2.78. The highest BCUT2D eigenvalue weighted by Crippen LogP contribution is 2.18. The number of benzene rings is 1. The summed E-state index contributed by atoms with van der Waals surface area (Å²) >= 11 is 7.44. The Labute approximate surface area is 115 Å². The first kappa shape index (κ1) is 15.3. The van der Waals surface area contributed by atoms with E-state index in [9.17, 15) is 9.18 Å². The zero-order valence-corrected chi connectivity index (χ0v) is 11.5. The van der Waals surface area contributed by atoms with Crippen LogP contribution in [0.2, 0.25) is 5.02 Å². The molecule has 0 heterocycles. The highest BCUT2D eigenvalue weighted by molar-refractivity contribution is 7.98. The summed E-state index contributed by atoms with van der Waals surface area (Å²) < 4.78 is 13.5. The molecule has 0 saturated carbocycles. The third-order valence-electron chi connectivity index (χ3n) is 2.50. The number of rotatable bonds is 7. The average Bonchev–Trinajstić information content (AvgIpc) is 2.31. The van der Waals surface area contributed by atoms with E-state index in [1.54, 1.807) is 17.8 Å². The minimum absolute atomic E-state index is 0.108. The van der Waals surface area contributed by atoms with Crippen LogP contribution in [0.5, 0.6) is 0 Å². The van der Waals surface area contributed by atoms with E-state index in [1.807, 2.05) is 6.26 Å². The first-order valence-corrected chi connectivity index (χ1v) is 7.21. The van der Waals surface area contributed by atoms with Crippen molar-refractivity contribution in [2.45, 2.75) is 19.0 Å². The van der Waals surface area contributed by atoms with Crippen molar-refractivity contribution in [3.63, 3.8) is 0 Å². The molecular formula is C12H15ClFNO2S. The molecule has 0 saturated heterocycles. The number of thioether (sulfide) groups is 1. The van der Waals surface area contributed by atoms with Gasteiger partial charge in [-0.15, -0.1) is 0 Å². The fraction of sp³-hybridized carbons (Fsp3) is 0.417. The van der Waals surface area contributed by atoms with Crippen molar-refractivity contribution < 1.29 is 14.3 Å². The van der Waals surface area contributed by atoms with E-state index >= 15 is 0 Å². The summed E-state index contributed by atoms with van der Waals surface area (Å²) in [5.74, 6) is -0.630. The van der Waals surface area contributed by atoms with Crippen molar-refractivity contribution in [3.8, 4) is 0 Å². The zero-order valence-electron chi connectivity index (χ0n) is 9.95. The average molecular weight is 292 g/mol. The van der Waals surface area contributed by atoms with Gasteiger partial charge in [0.2, 0.25) is 0 Å².